The summed E-state index contributed by atoms with van der Waals surface area (Å²) in [6, 6.07) is 0. The Hall–Kier alpha value is -2.38. The Morgan fingerprint density at radius 1 is 1.30 bits per heavy atom. The Kier molecular flexibility index (Phi) is 8.03. The Balaban J connectivity index is 2.04. The molecule has 0 bridgehead atoms. The third kappa shape index (κ3) is 7.15. The molecule has 168 valence electrons. The quantitative estimate of drug-likeness (QED) is 0.716. The minimum Gasteiger partial charge on any atom is -0.478 e. The molecule has 0 spiro atoms. The number of nitrogens with zero attached hydrogens (tertiary/aromatic N) is 4. The second-order valence-corrected chi connectivity index (χ2v) is 9.55. The molecule has 8 nitrogen and oxygen atoms in total. The first-order chi connectivity index (χ1) is 14.0. The van der Waals surface area contributed by atoms with E-state index >= 15 is 0 Å². The van der Waals surface area contributed by atoms with Crippen LogP contribution in [0.25, 0.3) is 0 Å². The lowest BCUT2D eigenvalue weighted by atomic mass is 9.91. The molecule has 0 unspecified atom stereocenters. The molecule has 1 fully saturated rings. The van der Waals surface area contributed by atoms with Crippen molar-refractivity contribution in [3.8, 4) is 0 Å². The highest BCUT2D eigenvalue weighted by molar-refractivity contribution is 5.88. The summed E-state index contributed by atoms with van der Waals surface area (Å²) in [4.78, 5) is 36.5. The second-order valence-electron chi connectivity index (χ2n) is 9.55. The fourth-order valence-corrected chi connectivity index (χ4v) is 3.40. The molecular weight excluding hydrogens is 384 g/mol. The summed E-state index contributed by atoms with van der Waals surface area (Å²) in [6.07, 6.45) is 4.29. The van der Waals surface area contributed by atoms with E-state index in [0.29, 0.717) is 37.1 Å². The van der Waals surface area contributed by atoms with E-state index in [1.807, 2.05) is 32.7 Å². The normalized spacial score (nSPS) is 15.4. The number of anilines is 1. The van der Waals surface area contributed by atoms with Gasteiger partial charge < -0.3 is 19.6 Å². The minimum absolute atomic E-state index is 0.158. The highest BCUT2D eigenvalue weighted by Gasteiger charge is 2.28. The molecule has 1 aromatic rings. The molecule has 2 heterocycles. The molecule has 0 saturated carbocycles. The summed E-state index contributed by atoms with van der Waals surface area (Å²) < 4.78 is 5.45. The van der Waals surface area contributed by atoms with Gasteiger partial charge in [0, 0.05) is 32.9 Å². The Morgan fingerprint density at radius 2 is 1.93 bits per heavy atom. The van der Waals surface area contributed by atoms with Crippen molar-refractivity contribution >= 4 is 18.0 Å². The van der Waals surface area contributed by atoms with Crippen molar-refractivity contribution < 1.29 is 19.4 Å². The lowest BCUT2D eigenvalue weighted by molar-refractivity contribution is 0.0184. The van der Waals surface area contributed by atoms with Gasteiger partial charge in [0.1, 0.15) is 5.60 Å². The first-order valence-electron chi connectivity index (χ1n) is 10.7. The second kappa shape index (κ2) is 10.1. The number of ether oxygens (including phenoxy) is 1. The topological polar surface area (TPSA) is 95.9 Å². The molecule has 0 atom stereocenters. The third-order valence-electron chi connectivity index (χ3n) is 5.22. The van der Waals surface area contributed by atoms with Crippen LogP contribution in [0.5, 0.6) is 0 Å². The maximum Gasteiger partial charge on any atom is 0.410 e. The van der Waals surface area contributed by atoms with Crippen LogP contribution in [0.2, 0.25) is 0 Å². The van der Waals surface area contributed by atoms with Crippen LogP contribution in [0, 0.1) is 11.8 Å². The summed E-state index contributed by atoms with van der Waals surface area (Å²) in [7, 11) is 1.93. The molecule has 1 N–H and O–H groups in total. The van der Waals surface area contributed by atoms with Gasteiger partial charge in [0.25, 0.3) is 0 Å². The number of rotatable bonds is 7. The number of piperidine rings is 1. The number of amides is 1. The molecule has 0 radical (unpaired) electrons. The molecule has 1 aliphatic rings. The molecule has 8 heteroatoms. The number of aromatic carboxylic acids is 1. The zero-order valence-corrected chi connectivity index (χ0v) is 19.1. The highest BCUT2D eigenvalue weighted by Crippen LogP contribution is 2.25. The van der Waals surface area contributed by atoms with E-state index in [0.717, 1.165) is 25.8 Å². The van der Waals surface area contributed by atoms with Crippen molar-refractivity contribution in [2.45, 2.75) is 65.9 Å². The van der Waals surface area contributed by atoms with Crippen LogP contribution < -0.4 is 4.90 Å². The zero-order valence-electron chi connectivity index (χ0n) is 19.1. The highest BCUT2D eigenvalue weighted by atomic mass is 16.6. The van der Waals surface area contributed by atoms with Gasteiger partial charge in [-0.3, -0.25) is 0 Å². The monoisotopic (exact) mass is 420 g/mol. The van der Waals surface area contributed by atoms with Crippen LogP contribution >= 0.6 is 0 Å². The van der Waals surface area contributed by atoms with Gasteiger partial charge in [-0.15, -0.1) is 0 Å². The lowest BCUT2D eigenvalue weighted by Gasteiger charge is -2.33. The summed E-state index contributed by atoms with van der Waals surface area (Å²) >= 11 is 0. The molecule has 0 aromatic carbocycles. The molecule has 0 aliphatic carbocycles. The maximum absolute atomic E-state index is 12.3. The molecule has 30 heavy (non-hydrogen) atoms. The van der Waals surface area contributed by atoms with Gasteiger partial charge in [-0.1, -0.05) is 13.8 Å². The first kappa shape index (κ1) is 23.9. The predicted octanol–water partition coefficient (Wildman–Crippen LogP) is 3.85. The van der Waals surface area contributed by atoms with Crippen molar-refractivity contribution in [3.05, 3.63) is 17.5 Å². The number of carboxylic acids is 1. The molecule has 2 rings (SSSR count). The maximum atomic E-state index is 12.3. The van der Waals surface area contributed by atoms with Gasteiger partial charge in [0.15, 0.2) is 0 Å². The van der Waals surface area contributed by atoms with Crippen molar-refractivity contribution in [2.24, 2.45) is 11.8 Å². The summed E-state index contributed by atoms with van der Waals surface area (Å²) in [5.41, 5.74) is 0.216. The average Bonchev–Trinajstić information content (AvgIpc) is 2.65. The van der Waals surface area contributed by atoms with Crippen LogP contribution in [0.4, 0.5) is 10.7 Å². The van der Waals surface area contributed by atoms with Gasteiger partial charge in [0.05, 0.1) is 11.3 Å². The van der Waals surface area contributed by atoms with Gasteiger partial charge in [0.2, 0.25) is 5.95 Å². The number of hydrogen-bond donors (Lipinski definition) is 1. The molecule has 1 aromatic heterocycles. The van der Waals surface area contributed by atoms with E-state index in [2.05, 4.69) is 23.8 Å². The molecular formula is C22H36N4O4. The largest absolute Gasteiger partial charge is 0.478 e. The number of carboxylic acid groups (broad SMARTS) is 1. The van der Waals surface area contributed by atoms with Crippen molar-refractivity contribution in [2.75, 3.05) is 31.6 Å². The Labute approximate surface area is 179 Å². The van der Waals surface area contributed by atoms with Crippen molar-refractivity contribution in [1.29, 1.82) is 0 Å². The SMILES string of the molecule is CC(C)CCN(C)c1ncc(C(=O)O)c(CC2CCN(C(=O)OC(C)(C)C)CC2)n1. The van der Waals surface area contributed by atoms with Crippen LogP contribution in [-0.4, -0.2) is 64.3 Å². The lowest BCUT2D eigenvalue weighted by Crippen LogP contribution is -2.42. The third-order valence-corrected chi connectivity index (χ3v) is 5.22. The number of hydrogen-bond acceptors (Lipinski definition) is 6. The van der Waals surface area contributed by atoms with Crippen LogP contribution in [-0.2, 0) is 11.2 Å². The number of carbonyl (C=O) groups is 2. The van der Waals surface area contributed by atoms with E-state index in [9.17, 15) is 14.7 Å². The van der Waals surface area contributed by atoms with E-state index < -0.39 is 11.6 Å². The van der Waals surface area contributed by atoms with Crippen LogP contribution in [0.3, 0.4) is 0 Å². The minimum atomic E-state index is -1.01. The first-order valence-corrected chi connectivity index (χ1v) is 10.7. The average molecular weight is 421 g/mol. The van der Waals surface area contributed by atoms with E-state index in [1.165, 1.54) is 6.20 Å². The van der Waals surface area contributed by atoms with E-state index in [1.54, 1.807) is 4.90 Å². The molecule has 1 saturated heterocycles. The van der Waals surface area contributed by atoms with Crippen molar-refractivity contribution in [3.63, 3.8) is 0 Å². The fraction of sp³-hybridized carbons (Fsp3) is 0.727. The Morgan fingerprint density at radius 3 is 2.47 bits per heavy atom. The number of likely N-dealkylation sites (tertiary alicyclic amines) is 1. The zero-order chi connectivity index (χ0) is 22.5. The summed E-state index contributed by atoms with van der Waals surface area (Å²) in [6.45, 7) is 11.9. The fourth-order valence-electron chi connectivity index (χ4n) is 3.40. The van der Waals surface area contributed by atoms with Gasteiger partial charge in [-0.25, -0.2) is 19.6 Å². The predicted molar refractivity (Wildman–Crippen MR) is 116 cm³/mol. The van der Waals surface area contributed by atoms with Gasteiger partial charge in [-0.2, -0.15) is 0 Å². The van der Waals surface area contributed by atoms with E-state index in [-0.39, 0.29) is 17.6 Å². The Bertz CT molecular complexity index is 737. The smallest absolute Gasteiger partial charge is 0.410 e. The van der Waals surface area contributed by atoms with Crippen LogP contribution in [0.15, 0.2) is 6.20 Å². The van der Waals surface area contributed by atoms with Crippen molar-refractivity contribution in [1.82, 2.24) is 14.9 Å². The number of aromatic nitrogens is 2. The van der Waals surface area contributed by atoms with Gasteiger partial charge in [-0.05, 0) is 58.3 Å². The van der Waals surface area contributed by atoms with Crippen LogP contribution in [0.1, 0.15) is 69.9 Å². The summed E-state index contributed by atoms with van der Waals surface area (Å²) in [5, 5.41) is 9.56. The van der Waals surface area contributed by atoms with Gasteiger partial charge >= 0.3 is 12.1 Å². The standard InChI is InChI=1S/C22H36N4O4/c1-15(2)7-10-25(6)20-23-14-17(19(27)28)18(24-20)13-16-8-11-26(12-9-16)21(29)30-22(3,4)5/h14-16H,7-13H2,1-6H3,(H,27,28). The summed E-state index contributed by atoms with van der Waals surface area (Å²) in [5.74, 6) is 0.389. The molecule has 1 aliphatic heterocycles. The van der Waals surface area contributed by atoms with E-state index in [4.69, 9.17) is 4.74 Å². The molecule has 1 amide bonds. The number of carbonyl (C=O) groups excluding carboxylic acids is 1.